The lowest BCUT2D eigenvalue weighted by atomic mass is 10.1. The van der Waals surface area contributed by atoms with Crippen LogP contribution in [-0.4, -0.2) is 29.6 Å². The maximum absolute atomic E-state index is 13.0. The first-order valence-electron chi connectivity index (χ1n) is 7.33. The summed E-state index contributed by atoms with van der Waals surface area (Å²) in [6, 6.07) is 12.9. The predicted molar refractivity (Wildman–Crippen MR) is 90.5 cm³/mol. The van der Waals surface area contributed by atoms with Crippen LogP contribution in [0.15, 0.2) is 53.6 Å². The summed E-state index contributed by atoms with van der Waals surface area (Å²) in [5.41, 5.74) is 1.74. The van der Waals surface area contributed by atoms with Crippen molar-refractivity contribution < 1.29 is 8.42 Å². The van der Waals surface area contributed by atoms with E-state index in [4.69, 9.17) is 0 Å². The van der Waals surface area contributed by atoms with E-state index in [9.17, 15) is 8.42 Å². The Hall–Kier alpha value is -2.18. The molecule has 0 unspecified atom stereocenters. The Morgan fingerprint density at radius 3 is 2.52 bits per heavy atom. The third-order valence-corrected chi connectivity index (χ3v) is 5.81. The van der Waals surface area contributed by atoms with Crippen LogP contribution in [0.5, 0.6) is 0 Å². The van der Waals surface area contributed by atoms with E-state index in [0.717, 1.165) is 22.0 Å². The van der Waals surface area contributed by atoms with E-state index in [1.54, 1.807) is 23.9 Å². The summed E-state index contributed by atoms with van der Waals surface area (Å²) >= 11 is 0. The highest BCUT2D eigenvalue weighted by atomic mass is 32.2. The highest BCUT2D eigenvalue weighted by Gasteiger charge is 2.24. The van der Waals surface area contributed by atoms with E-state index in [2.05, 4.69) is 5.10 Å². The summed E-state index contributed by atoms with van der Waals surface area (Å²) in [7, 11) is -0.145. The molecule has 0 bridgehead atoms. The standard InChI is InChI=1S/C17H19N3O2S/c1-13-15(11-19(2)18-13)12-20(3)23(21,22)17-10-6-8-14-7-4-5-9-16(14)17/h4-11H,12H2,1-3H3. The molecule has 1 aromatic heterocycles. The number of rotatable bonds is 4. The number of hydrogen-bond acceptors (Lipinski definition) is 3. The van der Waals surface area contributed by atoms with Crippen LogP contribution in [0, 0.1) is 6.92 Å². The average molecular weight is 329 g/mol. The van der Waals surface area contributed by atoms with Crippen molar-refractivity contribution in [3.05, 3.63) is 59.9 Å². The van der Waals surface area contributed by atoms with Gasteiger partial charge in [-0.25, -0.2) is 8.42 Å². The smallest absolute Gasteiger partial charge is 0.243 e. The van der Waals surface area contributed by atoms with Crippen molar-refractivity contribution in [2.24, 2.45) is 7.05 Å². The Bertz CT molecular complexity index is 956. The number of aryl methyl sites for hydroxylation is 2. The Morgan fingerprint density at radius 1 is 1.13 bits per heavy atom. The van der Waals surface area contributed by atoms with Crippen LogP contribution >= 0.6 is 0 Å². The van der Waals surface area contributed by atoms with Gasteiger partial charge in [-0.2, -0.15) is 9.40 Å². The number of nitrogens with zero attached hydrogens (tertiary/aromatic N) is 3. The quantitative estimate of drug-likeness (QED) is 0.739. The lowest BCUT2D eigenvalue weighted by Gasteiger charge is -2.18. The third-order valence-electron chi connectivity index (χ3n) is 3.95. The molecule has 0 radical (unpaired) electrons. The Labute approximate surface area is 136 Å². The molecule has 0 saturated heterocycles. The van der Waals surface area contributed by atoms with Gasteiger partial charge in [-0.1, -0.05) is 36.4 Å². The number of hydrogen-bond donors (Lipinski definition) is 0. The summed E-state index contributed by atoms with van der Waals surface area (Å²) in [4.78, 5) is 0.333. The lowest BCUT2D eigenvalue weighted by Crippen LogP contribution is -2.26. The predicted octanol–water partition coefficient (Wildman–Crippen LogP) is 2.70. The van der Waals surface area contributed by atoms with Crippen LogP contribution in [0.2, 0.25) is 0 Å². The van der Waals surface area contributed by atoms with Crippen molar-refractivity contribution in [3.63, 3.8) is 0 Å². The molecule has 2 aromatic carbocycles. The summed E-state index contributed by atoms with van der Waals surface area (Å²) < 4.78 is 29.0. The van der Waals surface area contributed by atoms with Gasteiger partial charge in [-0.3, -0.25) is 4.68 Å². The summed E-state index contributed by atoms with van der Waals surface area (Å²) in [6.07, 6.45) is 1.85. The van der Waals surface area contributed by atoms with Gasteiger partial charge in [0, 0.05) is 37.8 Å². The van der Waals surface area contributed by atoms with Crippen molar-refractivity contribution >= 4 is 20.8 Å². The molecule has 0 saturated carbocycles. The molecule has 5 nitrogen and oxygen atoms in total. The van der Waals surface area contributed by atoms with E-state index in [1.807, 2.05) is 50.5 Å². The number of benzene rings is 2. The molecule has 3 aromatic rings. The minimum absolute atomic E-state index is 0.297. The van der Waals surface area contributed by atoms with Gasteiger partial charge in [0.1, 0.15) is 0 Å². The summed E-state index contributed by atoms with van der Waals surface area (Å²) in [6.45, 7) is 2.18. The zero-order valence-corrected chi connectivity index (χ0v) is 14.2. The SMILES string of the molecule is Cc1nn(C)cc1CN(C)S(=O)(=O)c1cccc2ccccc12. The second kappa shape index (κ2) is 5.79. The van der Waals surface area contributed by atoms with Gasteiger partial charge in [0.25, 0.3) is 0 Å². The summed E-state index contributed by atoms with van der Waals surface area (Å²) in [5, 5.41) is 5.92. The molecule has 23 heavy (non-hydrogen) atoms. The minimum atomic E-state index is -3.57. The fourth-order valence-electron chi connectivity index (χ4n) is 2.72. The van der Waals surface area contributed by atoms with Crippen molar-refractivity contribution in [1.82, 2.24) is 14.1 Å². The van der Waals surface area contributed by atoms with Gasteiger partial charge in [0.05, 0.1) is 10.6 Å². The third kappa shape index (κ3) is 2.87. The zero-order valence-electron chi connectivity index (χ0n) is 13.4. The molecule has 0 spiro atoms. The first-order chi connectivity index (χ1) is 10.9. The van der Waals surface area contributed by atoms with E-state index in [-0.39, 0.29) is 0 Å². The second-order valence-corrected chi connectivity index (χ2v) is 7.67. The molecule has 0 atom stereocenters. The molecular formula is C17H19N3O2S. The van der Waals surface area contributed by atoms with Gasteiger partial charge in [0.15, 0.2) is 0 Å². The van der Waals surface area contributed by atoms with Gasteiger partial charge < -0.3 is 0 Å². The minimum Gasteiger partial charge on any atom is -0.275 e. The van der Waals surface area contributed by atoms with Crippen LogP contribution in [0.4, 0.5) is 0 Å². The highest BCUT2D eigenvalue weighted by molar-refractivity contribution is 7.89. The van der Waals surface area contributed by atoms with E-state index in [0.29, 0.717) is 11.4 Å². The molecular weight excluding hydrogens is 310 g/mol. The largest absolute Gasteiger partial charge is 0.275 e. The van der Waals surface area contributed by atoms with Crippen LogP contribution in [-0.2, 0) is 23.6 Å². The first-order valence-corrected chi connectivity index (χ1v) is 8.77. The number of aromatic nitrogens is 2. The molecule has 3 rings (SSSR count). The Balaban J connectivity index is 2.01. The molecule has 120 valence electrons. The van der Waals surface area contributed by atoms with Crippen molar-refractivity contribution in [2.75, 3.05) is 7.05 Å². The van der Waals surface area contributed by atoms with Gasteiger partial charge >= 0.3 is 0 Å². The Kier molecular flexibility index (Phi) is 3.95. The first kappa shape index (κ1) is 15.7. The van der Waals surface area contributed by atoms with Gasteiger partial charge in [0.2, 0.25) is 10.0 Å². The van der Waals surface area contributed by atoms with Gasteiger partial charge in [-0.05, 0) is 18.4 Å². The maximum Gasteiger partial charge on any atom is 0.243 e. The Morgan fingerprint density at radius 2 is 1.83 bits per heavy atom. The number of fused-ring (bicyclic) bond motifs is 1. The molecule has 0 fully saturated rings. The second-order valence-electron chi connectivity index (χ2n) is 5.65. The summed E-state index contributed by atoms with van der Waals surface area (Å²) in [5.74, 6) is 0. The van der Waals surface area contributed by atoms with Crippen LogP contribution in [0.25, 0.3) is 10.8 Å². The monoisotopic (exact) mass is 329 g/mol. The molecule has 0 aliphatic rings. The van der Waals surface area contributed by atoms with Crippen LogP contribution in [0.1, 0.15) is 11.3 Å². The fraction of sp³-hybridized carbons (Fsp3) is 0.235. The molecule has 1 heterocycles. The topological polar surface area (TPSA) is 55.2 Å². The molecule has 0 amide bonds. The molecule has 0 N–H and O–H groups in total. The molecule has 6 heteroatoms. The normalized spacial score (nSPS) is 12.2. The van der Waals surface area contributed by atoms with Crippen LogP contribution in [0.3, 0.4) is 0 Å². The van der Waals surface area contributed by atoms with Gasteiger partial charge in [-0.15, -0.1) is 0 Å². The number of sulfonamides is 1. The van der Waals surface area contributed by atoms with E-state index < -0.39 is 10.0 Å². The van der Waals surface area contributed by atoms with E-state index >= 15 is 0 Å². The lowest BCUT2D eigenvalue weighted by molar-refractivity contribution is 0.466. The average Bonchev–Trinajstić information content (AvgIpc) is 2.84. The highest BCUT2D eigenvalue weighted by Crippen LogP contribution is 2.26. The van der Waals surface area contributed by atoms with Crippen molar-refractivity contribution in [1.29, 1.82) is 0 Å². The maximum atomic E-state index is 13.0. The van der Waals surface area contributed by atoms with Crippen molar-refractivity contribution in [2.45, 2.75) is 18.4 Å². The van der Waals surface area contributed by atoms with Crippen LogP contribution < -0.4 is 0 Å². The fourth-order valence-corrected chi connectivity index (χ4v) is 4.08. The van der Waals surface area contributed by atoms with Crippen molar-refractivity contribution in [3.8, 4) is 0 Å². The molecule has 0 aliphatic carbocycles. The zero-order chi connectivity index (χ0) is 16.6. The molecule has 0 aliphatic heterocycles. The van der Waals surface area contributed by atoms with E-state index in [1.165, 1.54) is 4.31 Å².